The molecule has 0 spiro atoms. The van der Waals surface area contributed by atoms with Crippen LogP contribution in [0.1, 0.15) is 26.4 Å². The van der Waals surface area contributed by atoms with E-state index in [1.165, 1.54) is 16.8 Å². The van der Waals surface area contributed by atoms with Crippen molar-refractivity contribution in [3.8, 4) is 11.8 Å². The Kier molecular flexibility index (Phi) is 5.22. The van der Waals surface area contributed by atoms with E-state index < -0.39 is 11.9 Å². The SMILES string of the molecule is COC(=O)c1c(N)c(C#N)cn1-c1c(Br)cc(Br)c(Cl)c1C(=O)O. The van der Waals surface area contributed by atoms with Crippen LogP contribution in [0.15, 0.2) is 21.2 Å². The predicted molar refractivity (Wildman–Crippen MR) is 93.6 cm³/mol. The normalized spacial score (nSPS) is 10.3. The number of carbonyl (C=O) groups is 2. The highest BCUT2D eigenvalue weighted by Crippen LogP contribution is 2.38. The molecule has 0 bridgehead atoms. The van der Waals surface area contributed by atoms with Gasteiger partial charge in [0.1, 0.15) is 11.6 Å². The molecule has 2 rings (SSSR count). The lowest BCUT2D eigenvalue weighted by Gasteiger charge is -2.15. The van der Waals surface area contributed by atoms with E-state index in [-0.39, 0.29) is 33.2 Å². The highest BCUT2D eigenvalue weighted by atomic mass is 79.9. The minimum absolute atomic E-state index is 0.00215. The second kappa shape index (κ2) is 6.84. The standard InChI is InChI=1S/C14H8Br2ClN3O4/c1-24-14(23)12-10(19)5(3-18)4-20(12)11-7(16)2-6(15)9(17)8(11)13(21)22/h2,4H,19H2,1H3,(H,21,22). The van der Waals surface area contributed by atoms with Crippen molar-refractivity contribution in [1.82, 2.24) is 4.57 Å². The largest absolute Gasteiger partial charge is 0.478 e. The van der Waals surface area contributed by atoms with Crippen LogP contribution in [0.2, 0.25) is 5.02 Å². The van der Waals surface area contributed by atoms with Crippen molar-refractivity contribution in [2.45, 2.75) is 0 Å². The number of hydrogen-bond acceptors (Lipinski definition) is 5. The number of nitrogens with two attached hydrogens (primary N) is 1. The molecule has 0 aliphatic carbocycles. The Morgan fingerprint density at radius 2 is 2.04 bits per heavy atom. The Balaban J connectivity index is 2.98. The fourth-order valence-electron chi connectivity index (χ4n) is 2.11. The van der Waals surface area contributed by atoms with Gasteiger partial charge < -0.3 is 20.1 Å². The Morgan fingerprint density at radius 1 is 1.42 bits per heavy atom. The summed E-state index contributed by atoms with van der Waals surface area (Å²) in [5.41, 5.74) is 5.30. The highest BCUT2D eigenvalue weighted by Gasteiger charge is 2.28. The number of benzene rings is 1. The molecule has 0 aliphatic heterocycles. The number of carbonyl (C=O) groups excluding carboxylic acids is 1. The van der Waals surface area contributed by atoms with E-state index in [0.717, 1.165) is 7.11 Å². The number of hydrogen-bond donors (Lipinski definition) is 2. The molecule has 3 N–H and O–H groups in total. The van der Waals surface area contributed by atoms with Crippen LogP contribution in [-0.2, 0) is 4.74 Å². The van der Waals surface area contributed by atoms with E-state index in [0.29, 0.717) is 8.95 Å². The zero-order valence-electron chi connectivity index (χ0n) is 11.9. The molecule has 0 fully saturated rings. The number of rotatable bonds is 3. The number of nitrogen functional groups attached to an aromatic ring is 1. The second-order valence-electron chi connectivity index (χ2n) is 4.46. The summed E-state index contributed by atoms with van der Waals surface area (Å²) < 4.78 is 6.51. The maximum Gasteiger partial charge on any atom is 0.357 e. The molecule has 124 valence electrons. The quantitative estimate of drug-likeness (QED) is 0.515. The number of nitriles is 1. The summed E-state index contributed by atoms with van der Waals surface area (Å²) in [5.74, 6) is -2.14. The van der Waals surface area contributed by atoms with Crippen LogP contribution in [0.25, 0.3) is 5.69 Å². The van der Waals surface area contributed by atoms with Crippen molar-refractivity contribution >= 4 is 61.1 Å². The molecule has 0 amide bonds. The van der Waals surface area contributed by atoms with Crippen LogP contribution in [0, 0.1) is 11.3 Å². The molecule has 10 heteroatoms. The van der Waals surface area contributed by atoms with Gasteiger partial charge in [-0.25, -0.2) is 9.59 Å². The van der Waals surface area contributed by atoms with Crippen LogP contribution in [-0.4, -0.2) is 28.7 Å². The third kappa shape index (κ3) is 2.88. The van der Waals surface area contributed by atoms with E-state index in [1.807, 2.05) is 6.07 Å². The summed E-state index contributed by atoms with van der Waals surface area (Å²) in [7, 11) is 1.15. The first-order valence-electron chi connectivity index (χ1n) is 6.14. The molecule has 24 heavy (non-hydrogen) atoms. The molecule has 1 aromatic heterocycles. The minimum atomic E-state index is -1.32. The van der Waals surface area contributed by atoms with E-state index in [1.54, 1.807) is 0 Å². The lowest BCUT2D eigenvalue weighted by molar-refractivity contribution is 0.0590. The predicted octanol–water partition coefficient (Wildman–Crippen LogP) is 3.59. The Morgan fingerprint density at radius 3 is 2.54 bits per heavy atom. The van der Waals surface area contributed by atoms with Crippen LogP contribution >= 0.6 is 43.5 Å². The number of carboxylic acid groups (broad SMARTS) is 1. The number of ether oxygens (including phenoxy) is 1. The van der Waals surface area contributed by atoms with Gasteiger partial charge in [-0.2, -0.15) is 5.26 Å². The number of esters is 1. The van der Waals surface area contributed by atoms with Gasteiger partial charge in [-0.05, 0) is 37.9 Å². The van der Waals surface area contributed by atoms with Gasteiger partial charge in [-0.1, -0.05) is 11.6 Å². The van der Waals surface area contributed by atoms with Crippen molar-refractivity contribution in [3.63, 3.8) is 0 Å². The average Bonchev–Trinajstić information content (AvgIpc) is 2.85. The second-order valence-corrected chi connectivity index (χ2v) is 6.55. The first-order valence-corrected chi connectivity index (χ1v) is 8.11. The topological polar surface area (TPSA) is 118 Å². The molecular weight excluding hydrogens is 469 g/mol. The maximum atomic E-state index is 12.1. The van der Waals surface area contributed by atoms with Gasteiger partial charge in [0.25, 0.3) is 0 Å². The summed E-state index contributed by atoms with van der Waals surface area (Å²) in [5, 5.41) is 18.6. The fourth-order valence-corrected chi connectivity index (χ4v) is 3.68. The van der Waals surface area contributed by atoms with Gasteiger partial charge in [0, 0.05) is 15.1 Å². The van der Waals surface area contributed by atoms with Crippen LogP contribution in [0.3, 0.4) is 0 Å². The van der Waals surface area contributed by atoms with Gasteiger partial charge in [-0.15, -0.1) is 0 Å². The number of halogens is 3. The number of methoxy groups -OCH3 is 1. The smallest absolute Gasteiger partial charge is 0.357 e. The number of carboxylic acids is 1. The van der Waals surface area contributed by atoms with E-state index in [2.05, 4.69) is 36.6 Å². The van der Waals surface area contributed by atoms with Crippen molar-refractivity contribution in [1.29, 1.82) is 5.26 Å². The Bertz CT molecular complexity index is 918. The monoisotopic (exact) mass is 475 g/mol. The van der Waals surface area contributed by atoms with Gasteiger partial charge >= 0.3 is 11.9 Å². The number of nitrogens with zero attached hydrogens (tertiary/aromatic N) is 2. The molecule has 0 saturated carbocycles. The molecule has 1 heterocycles. The third-order valence-electron chi connectivity index (χ3n) is 3.14. The molecule has 0 atom stereocenters. The molecule has 1 aromatic carbocycles. The molecule has 0 radical (unpaired) electrons. The van der Waals surface area contributed by atoms with E-state index in [9.17, 15) is 14.7 Å². The highest BCUT2D eigenvalue weighted by molar-refractivity contribution is 9.11. The fraction of sp³-hybridized carbons (Fsp3) is 0.0714. The van der Waals surface area contributed by atoms with Gasteiger partial charge in [0.2, 0.25) is 0 Å². The van der Waals surface area contributed by atoms with Crippen molar-refractivity contribution in [2.24, 2.45) is 0 Å². The summed E-state index contributed by atoms with van der Waals surface area (Å²) in [6.45, 7) is 0. The number of aromatic carboxylic acids is 1. The maximum absolute atomic E-state index is 12.1. The molecule has 2 aromatic rings. The third-order valence-corrected chi connectivity index (χ3v) is 4.99. The first kappa shape index (κ1) is 18.3. The van der Waals surface area contributed by atoms with Crippen molar-refractivity contribution in [2.75, 3.05) is 12.8 Å². The summed E-state index contributed by atoms with van der Waals surface area (Å²) >= 11 is 12.5. The van der Waals surface area contributed by atoms with Crippen LogP contribution < -0.4 is 5.73 Å². The molecule has 0 aliphatic rings. The van der Waals surface area contributed by atoms with E-state index in [4.69, 9.17) is 22.6 Å². The molecule has 7 nitrogen and oxygen atoms in total. The molecule has 0 unspecified atom stereocenters. The van der Waals surface area contributed by atoms with E-state index >= 15 is 0 Å². The lowest BCUT2D eigenvalue weighted by atomic mass is 10.1. The van der Waals surface area contributed by atoms with Gasteiger partial charge in [-0.3, -0.25) is 0 Å². The zero-order valence-corrected chi connectivity index (χ0v) is 15.9. The number of anilines is 1. The summed E-state index contributed by atoms with van der Waals surface area (Å²) in [6, 6.07) is 3.36. The molecule has 0 saturated heterocycles. The van der Waals surface area contributed by atoms with Crippen molar-refractivity contribution < 1.29 is 19.4 Å². The lowest BCUT2D eigenvalue weighted by Crippen LogP contribution is -2.14. The zero-order chi connectivity index (χ0) is 18.2. The van der Waals surface area contributed by atoms with Crippen LogP contribution in [0.5, 0.6) is 0 Å². The van der Waals surface area contributed by atoms with Crippen molar-refractivity contribution in [3.05, 3.63) is 43.1 Å². The Hall–Kier alpha value is -2.02. The average molecular weight is 477 g/mol. The van der Waals surface area contributed by atoms with Crippen LogP contribution in [0.4, 0.5) is 5.69 Å². The summed E-state index contributed by atoms with van der Waals surface area (Å²) in [4.78, 5) is 23.7. The first-order chi connectivity index (χ1) is 11.2. The minimum Gasteiger partial charge on any atom is -0.478 e. The van der Waals surface area contributed by atoms with Gasteiger partial charge in [0.15, 0.2) is 5.69 Å². The van der Waals surface area contributed by atoms with Gasteiger partial charge in [0.05, 0.1) is 29.1 Å². The Labute approximate surface area is 157 Å². The summed E-state index contributed by atoms with van der Waals surface area (Å²) in [6.07, 6.45) is 1.25. The number of aromatic nitrogens is 1. The molecular formula is C14H8Br2ClN3O4.